The number of hydrogen-bond acceptors (Lipinski definition) is 4. The number of aryl methyl sites for hydroxylation is 2. The van der Waals surface area contributed by atoms with Crippen molar-refractivity contribution in [2.75, 3.05) is 36.4 Å². The Labute approximate surface area is 140 Å². The van der Waals surface area contributed by atoms with Gasteiger partial charge in [-0.25, -0.2) is 4.79 Å². The van der Waals surface area contributed by atoms with E-state index in [9.17, 15) is 4.79 Å². The Morgan fingerprint density at radius 3 is 2.57 bits per heavy atom. The summed E-state index contributed by atoms with van der Waals surface area (Å²) in [5, 5.41) is 7.55. The first kappa shape index (κ1) is 15.7. The zero-order chi connectivity index (χ0) is 16.4. The fourth-order valence-corrected chi connectivity index (χ4v) is 2.69. The van der Waals surface area contributed by atoms with Crippen molar-refractivity contribution >= 4 is 29.1 Å². The Balaban J connectivity index is 1.56. The zero-order valence-corrected chi connectivity index (χ0v) is 13.9. The lowest BCUT2D eigenvalue weighted by atomic mass is 10.2. The molecule has 7 heteroatoms. The smallest absolute Gasteiger partial charge is 0.321 e. The van der Waals surface area contributed by atoms with E-state index in [4.69, 9.17) is 16.1 Å². The van der Waals surface area contributed by atoms with Gasteiger partial charge in [-0.05, 0) is 31.5 Å². The Morgan fingerprint density at radius 1 is 1.22 bits per heavy atom. The first-order chi connectivity index (χ1) is 11.0. The largest absolute Gasteiger partial charge is 0.360 e. The molecule has 1 fully saturated rings. The molecule has 0 unspecified atom stereocenters. The van der Waals surface area contributed by atoms with E-state index in [1.54, 1.807) is 11.0 Å². The van der Waals surface area contributed by atoms with E-state index in [0.29, 0.717) is 23.8 Å². The number of hydrogen-bond donors (Lipinski definition) is 1. The maximum atomic E-state index is 12.3. The SMILES string of the molecule is Cc1cc(N2CCN(C(=O)Nc3ccc(C)c(Cl)c3)CC2)no1. The molecule has 1 saturated heterocycles. The summed E-state index contributed by atoms with van der Waals surface area (Å²) in [6.45, 7) is 6.53. The van der Waals surface area contributed by atoms with Crippen LogP contribution in [0, 0.1) is 13.8 Å². The third kappa shape index (κ3) is 3.59. The number of amides is 2. The van der Waals surface area contributed by atoms with Crippen molar-refractivity contribution in [3.8, 4) is 0 Å². The van der Waals surface area contributed by atoms with Crippen LogP contribution in [0.1, 0.15) is 11.3 Å². The number of nitrogens with one attached hydrogen (secondary N) is 1. The van der Waals surface area contributed by atoms with Crippen LogP contribution in [0.5, 0.6) is 0 Å². The van der Waals surface area contributed by atoms with E-state index in [0.717, 1.165) is 30.2 Å². The van der Waals surface area contributed by atoms with Crippen molar-refractivity contribution in [1.82, 2.24) is 10.1 Å². The number of aromatic nitrogens is 1. The van der Waals surface area contributed by atoms with Crippen molar-refractivity contribution in [2.24, 2.45) is 0 Å². The van der Waals surface area contributed by atoms with Crippen LogP contribution in [-0.4, -0.2) is 42.3 Å². The first-order valence-electron chi connectivity index (χ1n) is 7.53. The van der Waals surface area contributed by atoms with Crippen LogP contribution in [0.2, 0.25) is 5.02 Å². The van der Waals surface area contributed by atoms with Gasteiger partial charge < -0.3 is 19.6 Å². The molecule has 1 aromatic carbocycles. The topological polar surface area (TPSA) is 61.6 Å². The van der Waals surface area contributed by atoms with Crippen LogP contribution in [-0.2, 0) is 0 Å². The Hall–Kier alpha value is -2.21. The number of nitrogens with zero attached hydrogens (tertiary/aromatic N) is 3. The second-order valence-electron chi connectivity index (χ2n) is 5.66. The van der Waals surface area contributed by atoms with Gasteiger partial charge in [0.1, 0.15) is 5.76 Å². The summed E-state index contributed by atoms with van der Waals surface area (Å²) in [4.78, 5) is 16.2. The maximum absolute atomic E-state index is 12.3. The van der Waals surface area contributed by atoms with Crippen molar-refractivity contribution in [3.05, 3.63) is 40.6 Å². The highest BCUT2D eigenvalue weighted by Crippen LogP contribution is 2.21. The highest BCUT2D eigenvalue weighted by Gasteiger charge is 2.23. The van der Waals surface area contributed by atoms with Crippen molar-refractivity contribution < 1.29 is 9.32 Å². The molecule has 2 aromatic rings. The van der Waals surface area contributed by atoms with Gasteiger partial charge in [0.25, 0.3) is 0 Å². The number of carbonyl (C=O) groups excluding carboxylic acids is 1. The molecule has 6 nitrogen and oxygen atoms in total. The predicted molar refractivity (Wildman–Crippen MR) is 90.2 cm³/mol. The van der Waals surface area contributed by atoms with Gasteiger partial charge in [0.15, 0.2) is 5.82 Å². The van der Waals surface area contributed by atoms with Crippen LogP contribution in [0.3, 0.4) is 0 Å². The van der Waals surface area contributed by atoms with Gasteiger partial charge in [-0.1, -0.05) is 22.8 Å². The van der Waals surface area contributed by atoms with E-state index >= 15 is 0 Å². The van der Waals surface area contributed by atoms with Crippen molar-refractivity contribution in [2.45, 2.75) is 13.8 Å². The minimum absolute atomic E-state index is 0.110. The zero-order valence-electron chi connectivity index (χ0n) is 13.2. The summed E-state index contributed by atoms with van der Waals surface area (Å²) in [5.41, 5.74) is 1.70. The van der Waals surface area contributed by atoms with E-state index in [2.05, 4.69) is 15.4 Å². The van der Waals surface area contributed by atoms with Crippen molar-refractivity contribution in [1.29, 1.82) is 0 Å². The third-order valence-electron chi connectivity index (χ3n) is 3.93. The monoisotopic (exact) mass is 334 g/mol. The standard InChI is InChI=1S/C16H19ClN4O2/c1-11-3-4-13(10-14(11)17)18-16(22)21-7-5-20(6-8-21)15-9-12(2)23-19-15/h3-4,9-10H,5-8H2,1-2H3,(H,18,22). The van der Waals surface area contributed by atoms with Crippen LogP contribution >= 0.6 is 11.6 Å². The molecule has 122 valence electrons. The number of piperazine rings is 1. The molecular weight excluding hydrogens is 316 g/mol. The highest BCUT2D eigenvalue weighted by atomic mass is 35.5. The van der Waals surface area contributed by atoms with Gasteiger partial charge in [0.2, 0.25) is 0 Å². The number of anilines is 2. The summed E-state index contributed by atoms with van der Waals surface area (Å²) in [5.74, 6) is 1.62. The molecule has 0 atom stereocenters. The number of carbonyl (C=O) groups is 1. The summed E-state index contributed by atoms with van der Waals surface area (Å²) < 4.78 is 5.09. The van der Waals surface area contributed by atoms with Gasteiger partial charge in [-0.2, -0.15) is 0 Å². The van der Waals surface area contributed by atoms with Gasteiger partial charge in [-0.15, -0.1) is 0 Å². The van der Waals surface area contributed by atoms with Gasteiger partial charge in [-0.3, -0.25) is 0 Å². The molecule has 2 heterocycles. The second-order valence-corrected chi connectivity index (χ2v) is 6.07. The van der Waals surface area contributed by atoms with E-state index in [-0.39, 0.29) is 6.03 Å². The van der Waals surface area contributed by atoms with E-state index < -0.39 is 0 Å². The quantitative estimate of drug-likeness (QED) is 0.915. The number of urea groups is 1. The minimum Gasteiger partial charge on any atom is -0.360 e. The van der Waals surface area contributed by atoms with Crippen LogP contribution in [0.4, 0.5) is 16.3 Å². The Morgan fingerprint density at radius 2 is 1.96 bits per heavy atom. The van der Waals surface area contributed by atoms with Crippen molar-refractivity contribution in [3.63, 3.8) is 0 Å². The number of benzene rings is 1. The average molecular weight is 335 g/mol. The summed E-state index contributed by atoms with van der Waals surface area (Å²) in [6, 6.07) is 7.31. The summed E-state index contributed by atoms with van der Waals surface area (Å²) in [7, 11) is 0. The molecule has 23 heavy (non-hydrogen) atoms. The fraction of sp³-hybridized carbons (Fsp3) is 0.375. The average Bonchev–Trinajstić information content (AvgIpc) is 2.97. The molecule has 0 radical (unpaired) electrons. The number of halogens is 1. The Bertz CT molecular complexity index is 708. The molecule has 3 rings (SSSR count). The molecule has 1 N–H and O–H groups in total. The van der Waals surface area contributed by atoms with E-state index in [1.807, 2.05) is 32.0 Å². The second kappa shape index (κ2) is 6.50. The molecule has 0 aliphatic carbocycles. The molecular formula is C16H19ClN4O2. The molecule has 1 aliphatic heterocycles. The summed E-state index contributed by atoms with van der Waals surface area (Å²) in [6.07, 6.45) is 0. The normalized spacial score (nSPS) is 14.9. The minimum atomic E-state index is -0.110. The predicted octanol–water partition coefficient (Wildman–Crippen LogP) is 3.30. The molecule has 0 saturated carbocycles. The third-order valence-corrected chi connectivity index (χ3v) is 4.34. The van der Waals surface area contributed by atoms with Gasteiger partial charge in [0, 0.05) is 43.0 Å². The lowest BCUT2D eigenvalue weighted by Crippen LogP contribution is -2.50. The molecule has 2 amide bonds. The number of rotatable bonds is 2. The first-order valence-corrected chi connectivity index (χ1v) is 7.91. The van der Waals surface area contributed by atoms with Crippen LogP contribution in [0.25, 0.3) is 0 Å². The Kier molecular flexibility index (Phi) is 4.43. The molecule has 0 bridgehead atoms. The molecule has 1 aliphatic rings. The highest BCUT2D eigenvalue weighted by molar-refractivity contribution is 6.31. The summed E-state index contributed by atoms with van der Waals surface area (Å²) >= 11 is 6.08. The molecule has 0 spiro atoms. The van der Waals surface area contributed by atoms with Crippen LogP contribution in [0.15, 0.2) is 28.8 Å². The van der Waals surface area contributed by atoms with Gasteiger partial charge >= 0.3 is 6.03 Å². The van der Waals surface area contributed by atoms with Gasteiger partial charge in [0.05, 0.1) is 0 Å². The lowest BCUT2D eigenvalue weighted by molar-refractivity contribution is 0.208. The van der Waals surface area contributed by atoms with E-state index in [1.165, 1.54) is 0 Å². The van der Waals surface area contributed by atoms with Crippen LogP contribution < -0.4 is 10.2 Å². The maximum Gasteiger partial charge on any atom is 0.321 e. The fourth-order valence-electron chi connectivity index (χ4n) is 2.51. The lowest BCUT2D eigenvalue weighted by Gasteiger charge is -2.34. The molecule has 1 aromatic heterocycles.